The highest BCUT2D eigenvalue weighted by molar-refractivity contribution is 5.69. The summed E-state index contributed by atoms with van der Waals surface area (Å²) in [4.78, 5) is 33.7. The number of hydrogen-bond donors (Lipinski definition) is 0. The van der Waals surface area contributed by atoms with Gasteiger partial charge >= 0.3 is 17.9 Å². The van der Waals surface area contributed by atoms with E-state index in [0.29, 0.717) is 19.3 Å². The van der Waals surface area contributed by atoms with Crippen molar-refractivity contribution >= 4 is 17.9 Å². The highest BCUT2D eigenvalue weighted by atomic mass is 16.9. The van der Waals surface area contributed by atoms with E-state index in [0.717, 1.165) is 77.0 Å². The quantitative estimate of drug-likeness (QED) is 0.162. The fourth-order valence-corrected chi connectivity index (χ4v) is 3.59. The SMILES string of the molecule is COC(=O)CCCCCC1OC(CCCCCC(=O)OC)OC(CCCCCC(=O)OC)O1. The Hall–Kier alpha value is -1.71. The Balaban J connectivity index is 2.37. The van der Waals surface area contributed by atoms with Crippen molar-refractivity contribution in [1.82, 2.24) is 0 Å². The number of unbranched alkanes of at least 4 members (excludes halogenated alkanes) is 6. The molecule has 0 aromatic heterocycles. The molecule has 9 heteroatoms. The minimum atomic E-state index is -0.336. The Kier molecular flexibility index (Phi) is 16.6. The average molecular weight is 475 g/mol. The number of carbonyl (C=O) groups is 3. The van der Waals surface area contributed by atoms with E-state index in [9.17, 15) is 14.4 Å². The summed E-state index contributed by atoms with van der Waals surface area (Å²) >= 11 is 0. The summed E-state index contributed by atoms with van der Waals surface area (Å²) in [6.45, 7) is 0. The molecule has 0 unspecified atom stereocenters. The molecule has 0 saturated carbocycles. The fraction of sp³-hybridized carbons (Fsp3) is 0.875. The summed E-state index contributed by atoms with van der Waals surface area (Å²) in [5.41, 5.74) is 0. The first-order chi connectivity index (χ1) is 16.0. The van der Waals surface area contributed by atoms with Crippen LogP contribution in [0.25, 0.3) is 0 Å². The van der Waals surface area contributed by atoms with Crippen molar-refractivity contribution in [3.05, 3.63) is 0 Å². The molecule has 0 radical (unpaired) electrons. The van der Waals surface area contributed by atoms with Crippen LogP contribution in [0, 0.1) is 0 Å². The summed E-state index contributed by atoms with van der Waals surface area (Å²) in [6.07, 6.45) is 10.2. The lowest BCUT2D eigenvalue weighted by molar-refractivity contribution is -0.386. The number of ether oxygens (including phenoxy) is 6. The third-order valence-electron chi connectivity index (χ3n) is 5.56. The van der Waals surface area contributed by atoms with E-state index < -0.39 is 0 Å². The van der Waals surface area contributed by atoms with Crippen LogP contribution in [0.5, 0.6) is 0 Å². The fourth-order valence-electron chi connectivity index (χ4n) is 3.59. The molecule has 33 heavy (non-hydrogen) atoms. The smallest absolute Gasteiger partial charge is 0.305 e. The molecule has 0 N–H and O–H groups in total. The van der Waals surface area contributed by atoms with E-state index >= 15 is 0 Å². The highest BCUT2D eigenvalue weighted by Gasteiger charge is 2.29. The Labute approximate surface area is 197 Å². The second-order valence-corrected chi connectivity index (χ2v) is 8.22. The molecule has 0 amide bonds. The Morgan fingerprint density at radius 1 is 0.485 bits per heavy atom. The van der Waals surface area contributed by atoms with Gasteiger partial charge in [-0.05, 0) is 57.8 Å². The molecule has 1 aliphatic rings. The van der Waals surface area contributed by atoms with Crippen LogP contribution in [0.3, 0.4) is 0 Å². The van der Waals surface area contributed by atoms with E-state index in [1.165, 1.54) is 21.3 Å². The number of methoxy groups -OCH3 is 3. The third-order valence-corrected chi connectivity index (χ3v) is 5.56. The summed E-state index contributed by atoms with van der Waals surface area (Å²) in [5, 5.41) is 0. The lowest BCUT2D eigenvalue weighted by atomic mass is 10.1. The van der Waals surface area contributed by atoms with Crippen LogP contribution >= 0.6 is 0 Å². The van der Waals surface area contributed by atoms with Crippen molar-refractivity contribution in [2.45, 2.75) is 115 Å². The molecule has 0 bridgehead atoms. The summed E-state index contributed by atoms with van der Waals surface area (Å²) in [7, 11) is 4.20. The van der Waals surface area contributed by atoms with E-state index in [-0.39, 0.29) is 36.8 Å². The van der Waals surface area contributed by atoms with Crippen molar-refractivity contribution in [3.63, 3.8) is 0 Å². The van der Waals surface area contributed by atoms with Crippen LogP contribution in [-0.2, 0) is 42.8 Å². The van der Waals surface area contributed by atoms with E-state index in [4.69, 9.17) is 14.2 Å². The predicted octanol–water partition coefficient (Wildman–Crippen LogP) is 4.40. The molecule has 0 atom stereocenters. The number of rotatable bonds is 18. The maximum Gasteiger partial charge on any atom is 0.305 e. The molecule has 0 aromatic carbocycles. The van der Waals surface area contributed by atoms with Crippen molar-refractivity contribution in [3.8, 4) is 0 Å². The van der Waals surface area contributed by atoms with Crippen LogP contribution in [0.4, 0.5) is 0 Å². The standard InChI is InChI=1S/C24H42O9/c1-28-19(25)13-7-4-10-16-22-31-23(17-11-5-8-14-20(26)29-2)33-24(32-22)18-12-6-9-15-21(27)30-3/h22-24H,4-18H2,1-3H3. The first-order valence-electron chi connectivity index (χ1n) is 12.1. The van der Waals surface area contributed by atoms with Gasteiger partial charge in [-0.2, -0.15) is 0 Å². The Bertz CT molecular complexity index is 470. The van der Waals surface area contributed by atoms with E-state index in [1.807, 2.05) is 0 Å². The van der Waals surface area contributed by atoms with Gasteiger partial charge in [-0.25, -0.2) is 0 Å². The number of carbonyl (C=O) groups excluding carboxylic acids is 3. The molecular weight excluding hydrogens is 432 g/mol. The lowest BCUT2D eigenvalue weighted by Gasteiger charge is -2.36. The van der Waals surface area contributed by atoms with Gasteiger partial charge in [0.2, 0.25) is 0 Å². The van der Waals surface area contributed by atoms with E-state index in [1.54, 1.807) is 0 Å². The first kappa shape index (κ1) is 29.3. The zero-order valence-corrected chi connectivity index (χ0v) is 20.5. The monoisotopic (exact) mass is 474 g/mol. The van der Waals surface area contributed by atoms with Crippen molar-refractivity contribution in [1.29, 1.82) is 0 Å². The van der Waals surface area contributed by atoms with Crippen molar-refractivity contribution in [2.24, 2.45) is 0 Å². The van der Waals surface area contributed by atoms with Crippen LogP contribution in [0.15, 0.2) is 0 Å². The zero-order chi connectivity index (χ0) is 24.3. The van der Waals surface area contributed by atoms with Gasteiger partial charge < -0.3 is 28.4 Å². The highest BCUT2D eigenvalue weighted by Crippen LogP contribution is 2.26. The van der Waals surface area contributed by atoms with E-state index in [2.05, 4.69) is 14.2 Å². The van der Waals surface area contributed by atoms with Crippen LogP contribution < -0.4 is 0 Å². The molecule has 0 spiro atoms. The van der Waals surface area contributed by atoms with Crippen molar-refractivity contribution in [2.75, 3.05) is 21.3 Å². The predicted molar refractivity (Wildman–Crippen MR) is 120 cm³/mol. The van der Waals surface area contributed by atoms with Gasteiger partial charge in [0.05, 0.1) is 21.3 Å². The van der Waals surface area contributed by atoms with Gasteiger partial charge in [-0.15, -0.1) is 0 Å². The topological polar surface area (TPSA) is 107 Å². The van der Waals surface area contributed by atoms with Crippen LogP contribution in [0.1, 0.15) is 96.3 Å². The minimum absolute atomic E-state index is 0.187. The normalized spacial score (nSPS) is 20.3. The Morgan fingerprint density at radius 2 is 0.758 bits per heavy atom. The maximum atomic E-state index is 11.2. The second kappa shape index (κ2) is 18.7. The molecule has 1 aliphatic heterocycles. The number of esters is 3. The van der Waals surface area contributed by atoms with Crippen LogP contribution in [-0.4, -0.2) is 58.1 Å². The second-order valence-electron chi connectivity index (χ2n) is 8.22. The largest absolute Gasteiger partial charge is 0.469 e. The molecule has 1 rings (SSSR count). The molecule has 0 aromatic rings. The molecule has 1 heterocycles. The molecule has 1 fully saturated rings. The van der Waals surface area contributed by atoms with Gasteiger partial charge in [-0.1, -0.05) is 19.3 Å². The summed E-state index contributed by atoms with van der Waals surface area (Å²) in [6, 6.07) is 0. The van der Waals surface area contributed by atoms with Crippen LogP contribution in [0.2, 0.25) is 0 Å². The molecule has 1 saturated heterocycles. The van der Waals surface area contributed by atoms with Gasteiger partial charge in [-0.3, -0.25) is 14.4 Å². The Morgan fingerprint density at radius 3 is 1.00 bits per heavy atom. The minimum Gasteiger partial charge on any atom is -0.469 e. The average Bonchev–Trinajstić information content (AvgIpc) is 2.82. The maximum absolute atomic E-state index is 11.2. The summed E-state index contributed by atoms with van der Waals surface area (Å²) < 4.78 is 32.0. The van der Waals surface area contributed by atoms with Gasteiger partial charge in [0.25, 0.3) is 0 Å². The van der Waals surface area contributed by atoms with Crippen molar-refractivity contribution < 1.29 is 42.8 Å². The summed E-state index contributed by atoms with van der Waals surface area (Å²) in [5.74, 6) is -0.561. The molecule has 0 aliphatic carbocycles. The lowest BCUT2D eigenvalue weighted by Crippen LogP contribution is -2.40. The molecule has 192 valence electrons. The zero-order valence-electron chi connectivity index (χ0n) is 20.5. The van der Waals surface area contributed by atoms with Gasteiger partial charge in [0, 0.05) is 19.3 Å². The van der Waals surface area contributed by atoms with Gasteiger partial charge in [0.1, 0.15) is 0 Å². The first-order valence-corrected chi connectivity index (χ1v) is 12.1. The molecular formula is C24H42O9. The number of hydrogen-bond acceptors (Lipinski definition) is 9. The molecule has 9 nitrogen and oxygen atoms in total. The van der Waals surface area contributed by atoms with Gasteiger partial charge in [0.15, 0.2) is 18.9 Å². The third kappa shape index (κ3) is 14.9.